The third kappa shape index (κ3) is 6.85. The van der Waals surface area contributed by atoms with Gasteiger partial charge in [0.05, 0.1) is 16.1 Å². The van der Waals surface area contributed by atoms with Crippen LogP contribution in [0.3, 0.4) is 0 Å². The number of carbonyl (C=O) groups is 2. The third-order valence-corrected chi connectivity index (χ3v) is 7.53. The van der Waals surface area contributed by atoms with Crippen LogP contribution in [0.25, 0.3) is 10.9 Å². The van der Waals surface area contributed by atoms with Gasteiger partial charge in [-0.15, -0.1) is 0 Å². The van der Waals surface area contributed by atoms with Crippen molar-refractivity contribution in [2.75, 3.05) is 20.1 Å². The molecule has 6 nitrogen and oxygen atoms in total. The minimum atomic E-state index is -0.603. The fourth-order valence-corrected chi connectivity index (χ4v) is 5.82. The quantitative estimate of drug-likeness (QED) is 0.311. The van der Waals surface area contributed by atoms with Crippen LogP contribution in [-0.2, 0) is 15.9 Å². The van der Waals surface area contributed by atoms with Crippen LogP contribution in [0.5, 0.6) is 0 Å². The van der Waals surface area contributed by atoms with Gasteiger partial charge in [-0.1, -0.05) is 23.7 Å². The number of fused-ring (bicyclic) bond motifs is 1. The molecule has 0 amide bonds. The third-order valence-electron chi connectivity index (χ3n) is 7.25. The number of likely N-dealkylation sites (tertiary alicyclic amines) is 1. The van der Waals surface area contributed by atoms with Crippen LogP contribution in [0.1, 0.15) is 80.9 Å². The second-order valence-corrected chi connectivity index (χ2v) is 13.2. The van der Waals surface area contributed by atoms with E-state index in [4.69, 9.17) is 21.1 Å². The Labute approximate surface area is 237 Å². The first-order valence-corrected chi connectivity index (χ1v) is 14.0. The molecule has 1 aromatic heterocycles. The summed E-state index contributed by atoms with van der Waals surface area (Å²) in [4.78, 5) is 27.9. The van der Waals surface area contributed by atoms with E-state index in [-0.39, 0.29) is 5.97 Å². The van der Waals surface area contributed by atoms with Crippen LogP contribution in [0.2, 0.25) is 5.02 Å². The van der Waals surface area contributed by atoms with Crippen LogP contribution < -0.4 is 0 Å². The molecule has 0 unspecified atom stereocenters. The van der Waals surface area contributed by atoms with Gasteiger partial charge < -0.3 is 14.4 Å². The molecule has 0 radical (unpaired) electrons. The smallest absolute Gasteiger partial charge is 0.419 e. The minimum absolute atomic E-state index is 0.300. The lowest BCUT2D eigenvalue weighted by molar-refractivity contribution is 0.00691. The van der Waals surface area contributed by atoms with Gasteiger partial charge in [-0.25, -0.2) is 9.59 Å². The number of rotatable bonds is 4. The number of esters is 1. The van der Waals surface area contributed by atoms with E-state index in [1.54, 1.807) is 6.20 Å². The first-order valence-electron chi connectivity index (χ1n) is 13.7. The molecule has 210 valence electrons. The maximum absolute atomic E-state index is 12.9. The molecule has 0 N–H and O–H groups in total. The molecule has 1 saturated heterocycles. The lowest BCUT2D eigenvalue weighted by Crippen LogP contribution is -2.37. The van der Waals surface area contributed by atoms with Gasteiger partial charge in [0.15, 0.2) is 0 Å². The lowest BCUT2D eigenvalue weighted by atomic mass is 9.76. The number of halogens is 1. The SMILES string of the molecule is Cc1cc(Cl)c2c(ccn2C(=O)OC(C)(C)C)c1C[C@@H]1CCN(C)C[C@H]1c1ccc(C(=O)OC(C)(C)C)cc1. The summed E-state index contributed by atoms with van der Waals surface area (Å²) in [5, 5.41) is 1.53. The molecule has 2 heterocycles. The number of likely N-dealkylation sites (N-methyl/N-ethyl adjacent to an activating group) is 1. The number of hydrogen-bond donors (Lipinski definition) is 0. The fourth-order valence-electron chi connectivity index (χ4n) is 5.46. The molecule has 39 heavy (non-hydrogen) atoms. The molecule has 2 aromatic carbocycles. The van der Waals surface area contributed by atoms with E-state index in [2.05, 4.69) is 31.0 Å². The molecule has 0 bridgehead atoms. The summed E-state index contributed by atoms with van der Waals surface area (Å²) >= 11 is 6.69. The summed E-state index contributed by atoms with van der Waals surface area (Å²) < 4.78 is 12.7. The van der Waals surface area contributed by atoms with Gasteiger partial charge in [-0.3, -0.25) is 4.57 Å². The molecule has 0 saturated carbocycles. The van der Waals surface area contributed by atoms with Crippen LogP contribution in [0.4, 0.5) is 4.79 Å². The predicted molar refractivity (Wildman–Crippen MR) is 157 cm³/mol. The highest BCUT2D eigenvalue weighted by Crippen LogP contribution is 2.39. The highest BCUT2D eigenvalue weighted by atomic mass is 35.5. The second kappa shape index (κ2) is 11.0. The van der Waals surface area contributed by atoms with Gasteiger partial charge in [0.2, 0.25) is 0 Å². The van der Waals surface area contributed by atoms with E-state index in [0.717, 1.165) is 36.9 Å². The fraction of sp³-hybridized carbons (Fsp3) is 0.500. The maximum Gasteiger partial charge on any atom is 0.419 e. The van der Waals surface area contributed by atoms with Gasteiger partial charge in [0, 0.05) is 18.1 Å². The Hall–Kier alpha value is -2.83. The monoisotopic (exact) mass is 552 g/mol. The van der Waals surface area contributed by atoms with Crippen LogP contribution >= 0.6 is 11.6 Å². The highest BCUT2D eigenvalue weighted by molar-refractivity contribution is 6.35. The normalized spacial score (nSPS) is 18.8. The number of hydrogen-bond acceptors (Lipinski definition) is 5. The van der Waals surface area contributed by atoms with Gasteiger partial charge >= 0.3 is 12.1 Å². The minimum Gasteiger partial charge on any atom is -0.456 e. The summed E-state index contributed by atoms with van der Waals surface area (Å²) in [7, 11) is 2.16. The Morgan fingerprint density at radius 2 is 1.64 bits per heavy atom. The highest BCUT2D eigenvalue weighted by Gasteiger charge is 2.31. The van der Waals surface area contributed by atoms with Crippen molar-refractivity contribution in [3.63, 3.8) is 0 Å². The van der Waals surface area contributed by atoms with Crippen LogP contribution in [-0.4, -0.2) is 52.9 Å². The molecule has 1 aliphatic heterocycles. The zero-order valence-electron chi connectivity index (χ0n) is 24.4. The van der Waals surface area contributed by atoms with Gasteiger partial charge in [-0.05, 0) is 128 Å². The molecular weight excluding hydrogens is 512 g/mol. The molecule has 0 aliphatic carbocycles. The number of benzene rings is 2. The number of aromatic nitrogens is 1. The summed E-state index contributed by atoms with van der Waals surface area (Å²) in [5.74, 6) is 0.385. The van der Waals surface area contributed by atoms with Crippen molar-refractivity contribution in [2.24, 2.45) is 5.92 Å². The first kappa shape index (κ1) is 29.2. The maximum atomic E-state index is 12.9. The van der Waals surface area contributed by atoms with Crippen molar-refractivity contribution in [2.45, 2.75) is 78.4 Å². The number of nitrogens with zero attached hydrogens (tertiary/aromatic N) is 2. The Bertz CT molecular complexity index is 1360. The zero-order valence-corrected chi connectivity index (χ0v) is 25.2. The average molecular weight is 553 g/mol. The van der Waals surface area contributed by atoms with Gasteiger partial charge in [-0.2, -0.15) is 0 Å². The molecule has 1 fully saturated rings. The van der Waals surface area contributed by atoms with Crippen molar-refractivity contribution >= 4 is 34.6 Å². The van der Waals surface area contributed by atoms with E-state index >= 15 is 0 Å². The van der Waals surface area contributed by atoms with Crippen LogP contribution in [0.15, 0.2) is 42.6 Å². The van der Waals surface area contributed by atoms with Crippen molar-refractivity contribution < 1.29 is 19.1 Å². The zero-order chi connectivity index (χ0) is 28.7. The Morgan fingerprint density at radius 3 is 2.26 bits per heavy atom. The van der Waals surface area contributed by atoms with E-state index in [1.165, 1.54) is 15.7 Å². The second-order valence-electron chi connectivity index (χ2n) is 12.8. The molecule has 2 atom stereocenters. The van der Waals surface area contributed by atoms with Crippen molar-refractivity contribution in [1.29, 1.82) is 0 Å². The number of aryl methyl sites for hydroxylation is 1. The van der Waals surface area contributed by atoms with Gasteiger partial charge in [0.25, 0.3) is 0 Å². The van der Waals surface area contributed by atoms with E-state index in [9.17, 15) is 9.59 Å². The van der Waals surface area contributed by atoms with Crippen molar-refractivity contribution in [3.05, 3.63) is 69.9 Å². The molecule has 3 aromatic rings. The predicted octanol–water partition coefficient (Wildman–Crippen LogP) is 7.62. The van der Waals surface area contributed by atoms with E-state index < -0.39 is 17.3 Å². The topological polar surface area (TPSA) is 60.8 Å². The largest absolute Gasteiger partial charge is 0.456 e. The number of carbonyl (C=O) groups excluding carboxylic acids is 2. The van der Waals surface area contributed by atoms with Gasteiger partial charge in [0.1, 0.15) is 11.2 Å². The standard InChI is InChI=1S/C32H41ClN2O4/c1-20-17-27(33)28-24(14-16-35(28)30(37)39-32(5,6)7)25(20)18-23-13-15-34(8)19-26(23)21-9-11-22(12-10-21)29(36)38-31(2,3)4/h9-12,14,16-17,23,26H,13,15,18-19H2,1-8H3/t23-,26-/m0/s1. The molecule has 7 heteroatoms. The first-order chi connectivity index (χ1) is 18.1. The molecular formula is C32H41ClN2O4. The number of piperidine rings is 1. The summed E-state index contributed by atoms with van der Waals surface area (Å²) in [6.45, 7) is 15.2. The van der Waals surface area contributed by atoms with Crippen molar-refractivity contribution in [1.82, 2.24) is 9.47 Å². The Kier molecular flexibility index (Phi) is 8.21. The Balaban J connectivity index is 1.65. The Morgan fingerprint density at radius 1 is 1.00 bits per heavy atom. The molecule has 4 rings (SSSR count). The molecule has 0 spiro atoms. The number of ether oxygens (including phenoxy) is 2. The summed E-state index contributed by atoms with van der Waals surface area (Å²) in [6, 6.07) is 11.8. The van der Waals surface area contributed by atoms with E-state index in [1.807, 2.05) is 65.8 Å². The summed E-state index contributed by atoms with van der Waals surface area (Å²) in [6.07, 6.45) is 3.24. The molecule has 1 aliphatic rings. The lowest BCUT2D eigenvalue weighted by Gasteiger charge is -2.37. The van der Waals surface area contributed by atoms with E-state index in [0.29, 0.717) is 27.9 Å². The van der Waals surface area contributed by atoms with Crippen LogP contribution in [0, 0.1) is 12.8 Å². The average Bonchev–Trinajstić information content (AvgIpc) is 3.26. The summed E-state index contributed by atoms with van der Waals surface area (Å²) in [5.41, 5.74) is 3.67. The van der Waals surface area contributed by atoms with Crippen molar-refractivity contribution in [3.8, 4) is 0 Å².